The van der Waals surface area contributed by atoms with E-state index in [0.29, 0.717) is 22.9 Å². The maximum absolute atomic E-state index is 10.9. The fraction of sp³-hybridized carbons (Fsp3) is 0.200. The van der Waals surface area contributed by atoms with Gasteiger partial charge in [-0.05, 0) is 12.1 Å². The van der Waals surface area contributed by atoms with Crippen LogP contribution in [-0.4, -0.2) is 11.6 Å². The number of benzene rings is 1. The van der Waals surface area contributed by atoms with Gasteiger partial charge >= 0.3 is 0 Å². The van der Waals surface area contributed by atoms with E-state index in [1.54, 1.807) is 18.2 Å². The van der Waals surface area contributed by atoms with Crippen molar-refractivity contribution < 1.29 is 4.79 Å². The lowest BCUT2D eigenvalue weighted by molar-refractivity contribution is -0.121. The summed E-state index contributed by atoms with van der Waals surface area (Å²) in [4.78, 5) is 10.9. The summed E-state index contributed by atoms with van der Waals surface area (Å²) in [6, 6.07) is 5.22. The Labute approximate surface area is 97.1 Å². The van der Waals surface area contributed by atoms with Crippen LogP contribution in [-0.2, 0) is 4.79 Å². The molecule has 5 heteroatoms. The normalized spacial score (nSPS) is 15.9. The minimum absolute atomic E-state index is 0.0659. The van der Waals surface area contributed by atoms with Gasteiger partial charge in [0.05, 0.1) is 10.7 Å². The van der Waals surface area contributed by atoms with Gasteiger partial charge in [0.15, 0.2) is 0 Å². The molecule has 0 saturated carbocycles. The molecular formula is C10H8Cl2N2O. The highest BCUT2D eigenvalue weighted by molar-refractivity contribution is 6.37. The molecule has 1 aromatic carbocycles. The molecule has 0 unspecified atom stereocenters. The zero-order valence-electron chi connectivity index (χ0n) is 7.76. The van der Waals surface area contributed by atoms with Gasteiger partial charge in [0.25, 0.3) is 0 Å². The zero-order chi connectivity index (χ0) is 10.8. The van der Waals surface area contributed by atoms with Gasteiger partial charge in [0, 0.05) is 23.4 Å². The molecule has 0 aromatic heterocycles. The first-order chi connectivity index (χ1) is 7.16. The standard InChI is InChI=1S/C10H8Cl2N2O/c11-6-1-2-7(8(12)5-6)9-3-4-10(15)14-13-9/h1-2,5H,3-4H2,(H,14,15). The second-order valence-corrected chi connectivity index (χ2v) is 4.06. The average molecular weight is 243 g/mol. The molecule has 78 valence electrons. The summed E-state index contributed by atoms with van der Waals surface area (Å²) >= 11 is 11.8. The van der Waals surface area contributed by atoms with Crippen molar-refractivity contribution in [3.8, 4) is 0 Å². The van der Waals surface area contributed by atoms with Crippen LogP contribution < -0.4 is 5.43 Å². The van der Waals surface area contributed by atoms with E-state index in [1.165, 1.54) is 0 Å². The van der Waals surface area contributed by atoms with E-state index in [4.69, 9.17) is 23.2 Å². The lowest BCUT2D eigenvalue weighted by atomic mass is 10.0. The first kappa shape index (κ1) is 10.5. The van der Waals surface area contributed by atoms with Crippen molar-refractivity contribution in [2.75, 3.05) is 0 Å². The minimum atomic E-state index is -0.0659. The van der Waals surface area contributed by atoms with Crippen molar-refractivity contribution in [2.24, 2.45) is 5.10 Å². The molecule has 1 N–H and O–H groups in total. The van der Waals surface area contributed by atoms with Gasteiger partial charge in [-0.1, -0.05) is 29.3 Å². The summed E-state index contributed by atoms with van der Waals surface area (Å²) < 4.78 is 0. The lowest BCUT2D eigenvalue weighted by Crippen LogP contribution is -2.26. The predicted molar refractivity (Wildman–Crippen MR) is 60.4 cm³/mol. The highest BCUT2D eigenvalue weighted by atomic mass is 35.5. The Morgan fingerprint density at radius 2 is 2.07 bits per heavy atom. The molecule has 2 rings (SSSR count). The van der Waals surface area contributed by atoms with E-state index >= 15 is 0 Å². The number of amides is 1. The number of halogens is 2. The summed E-state index contributed by atoms with van der Waals surface area (Å²) in [5.41, 5.74) is 4.04. The Morgan fingerprint density at radius 3 is 2.67 bits per heavy atom. The maximum atomic E-state index is 10.9. The van der Waals surface area contributed by atoms with Crippen LogP contribution in [0.15, 0.2) is 23.3 Å². The monoisotopic (exact) mass is 242 g/mol. The van der Waals surface area contributed by atoms with Gasteiger partial charge in [-0.2, -0.15) is 5.10 Å². The summed E-state index contributed by atoms with van der Waals surface area (Å²) in [6.45, 7) is 0. The van der Waals surface area contributed by atoms with Gasteiger partial charge in [-0.25, -0.2) is 5.43 Å². The Hall–Kier alpha value is -1.06. The Bertz CT molecular complexity index is 443. The number of hydrogen-bond donors (Lipinski definition) is 1. The number of rotatable bonds is 1. The van der Waals surface area contributed by atoms with E-state index < -0.39 is 0 Å². The first-order valence-electron chi connectivity index (χ1n) is 4.47. The summed E-state index contributed by atoms with van der Waals surface area (Å²) in [5.74, 6) is -0.0659. The van der Waals surface area contributed by atoms with Crippen LogP contribution >= 0.6 is 23.2 Å². The second-order valence-electron chi connectivity index (χ2n) is 3.22. The van der Waals surface area contributed by atoms with Crippen LogP contribution in [0.25, 0.3) is 0 Å². The molecule has 3 nitrogen and oxygen atoms in total. The molecule has 1 aliphatic heterocycles. The molecule has 0 aliphatic carbocycles. The van der Waals surface area contributed by atoms with Crippen LogP contribution in [0.1, 0.15) is 18.4 Å². The minimum Gasteiger partial charge on any atom is -0.273 e. The molecule has 0 radical (unpaired) electrons. The third-order valence-electron chi connectivity index (χ3n) is 2.15. The zero-order valence-corrected chi connectivity index (χ0v) is 9.27. The van der Waals surface area contributed by atoms with E-state index in [2.05, 4.69) is 10.5 Å². The third-order valence-corrected chi connectivity index (χ3v) is 2.69. The average Bonchev–Trinajstić information content (AvgIpc) is 2.20. The number of carbonyl (C=O) groups is 1. The SMILES string of the molecule is O=C1CCC(c2ccc(Cl)cc2Cl)=NN1. The molecule has 0 fully saturated rings. The van der Waals surface area contributed by atoms with Crippen molar-refractivity contribution in [1.82, 2.24) is 5.43 Å². The Balaban J connectivity index is 2.34. The quantitative estimate of drug-likeness (QED) is 0.809. The van der Waals surface area contributed by atoms with Crippen LogP contribution in [0.3, 0.4) is 0 Å². The molecule has 1 aromatic rings. The number of nitrogens with one attached hydrogen (secondary N) is 1. The molecule has 0 atom stereocenters. The fourth-order valence-corrected chi connectivity index (χ4v) is 1.91. The van der Waals surface area contributed by atoms with Crippen LogP contribution in [0, 0.1) is 0 Å². The Kier molecular flexibility index (Phi) is 2.93. The molecule has 0 bridgehead atoms. The second kappa shape index (κ2) is 4.21. The van der Waals surface area contributed by atoms with Gasteiger partial charge < -0.3 is 0 Å². The van der Waals surface area contributed by atoms with Crippen molar-refractivity contribution in [2.45, 2.75) is 12.8 Å². The Morgan fingerprint density at radius 1 is 1.27 bits per heavy atom. The molecule has 1 heterocycles. The molecule has 0 spiro atoms. The van der Waals surface area contributed by atoms with E-state index in [1.807, 2.05) is 0 Å². The van der Waals surface area contributed by atoms with E-state index in [9.17, 15) is 4.79 Å². The van der Waals surface area contributed by atoms with Crippen LogP contribution in [0.2, 0.25) is 10.0 Å². The van der Waals surface area contributed by atoms with Gasteiger partial charge in [0.2, 0.25) is 5.91 Å². The molecular weight excluding hydrogens is 235 g/mol. The third kappa shape index (κ3) is 2.30. The number of hydrogen-bond acceptors (Lipinski definition) is 2. The number of carbonyl (C=O) groups excluding carboxylic acids is 1. The fourth-order valence-electron chi connectivity index (χ4n) is 1.39. The van der Waals surface area contributed by atoms with Crippen molar-refractivity contribution in [3.05, 3.63) is 33.8 Å². The summed E-state index contributed by atoms with van der Waals surface area (Å²) in [7, 11) is 0. The smallest absolute Gasteiger partial charge is 0.240 e. The predicted octanol–water partition coefficient (Wildman–Crippen LogP) is 2.61. The summed E-state index contributed by atoms with van der Waals surface area (Å²) in [5, 5.41) is 5.10. The topological polar surface area (TPSA) is 41.5 Å². The molecule has 0 saturated heterocycles. The largest absolute Gasteiger partial charge is 0.273 e. The van der Waals surface area contributed by atoms with Crippen LogP contribution in [0.5, 0.6) is 0 Å². The molecule has 1 aliphatic rings. The highest BCUT2D eigenvalue weighted by Gasteiger charge is 2.15. The van der Waals surface area contributed by atoms with Crippen LogP contribution in [0.4, 0.5) is 0 Å². The number of nitrogens with zero attached hydrogens (tertiary/aromatic N) is 1. The molecule has 15 heavy (non-hydrogen) atoms. The molecule has 1 amide bonds. The summed E-state index contributed by atoms with van der Waals surface area (Å²) in [6.07, 6.45) is 1.05. The number of hydrazone groups is 1. The van der Waals surface area contributed by atoms with Gasteiger partial charge in [-0.15, -0.1) is 0 Å². The van der Waals surface area contributed by atoms with E-state index in [-0.39, 0.29) is 5.91 Å². The van der Waals surface area contributed by atoms with Gasteiger partial charge in [-0.3, -0.25) is 4.79 Å². The van der Waals surface area contributed by atoms with Gasteiger partial charge in [0.1, 0.15) is 0 Å². The van der Waals surface area contributed by atoms with E-state index in [0.717, 1.165) is 11.3 Å². The van der Waals surface area contributed by atoms with Crippen molar-refractivity contribution in [1.29, 1.82) is 0 Å². The van der Waals surface area contributed by atoms with Crippen molar-refractivity contribution in [3.63, 3.8) is 0 Å². The first-order valence-corrected chi connectivity index (χ1v) is 5.23. The lowest BCUT2D eigenvalue weighted by Gasteiger charge is -2.13. The maximum Gasteiger partial charge on any atom is 0.240 e. The highest BCUT2D eigenvalue weighted by Crippen LogP contribution is 2.23. The van der Waals surface area contributed by atoms with Crippen molar-refractivity contribution >= 4 is 34.8 Å².